The van der Waals surface area contributed by atoms with Crippen LogP contribution in [0.1, 0.15) is 9.67 Å². The second-order valence-electron chi connectivity index (χ2n) is 4.43. The molecule has 0 fully saturated rings. The Hall–Kier alpha value is -2.44. The lowest BCUT2D eigenvalue weighted by Crippen LogP contribution is -2.11. The van der Waals surface area contributed by atoms with Crippen molar-refractivity contribution in [3.8, 4) is 21.8 Å². The summed E-state index contributed by atoms with van der Waals surface area (Å²) >= 11 is 7.21. The zero-order valence-corrected chi connectivity index (χ0v) is 12.6. The van der Waals surface area contributed by atoms with E-state index in [-0.39, 0.29) is 4.88 Å². The second-order valence-corrected chi connectivity index (χ2v) is 5.93. The van der Waals surface area contributed by atoms with E-state index in [1.165, 1.54) is 6.07 Å². The molecule has 0 saturated carbocycles. The number of carboxylic acid groups (broad SMARTS) is 1. The van der Waals surface area contributed by atoms with E-state index < -0.39 is 11.7 Å². The van der Waals surface area contributed by atoms with Gasteiger partial charge < -0.3 is 10.1 Å². The first-order valence-corrected chi connectivity index (χ1v) is 7.44. The largest absolute Gasteiger partial charge is 0.477 e. The van der Waals surface area contributed by atoms with Crippen molar-refractivity contribution >= 4 is 28.9 Å². The number of aromatic amines is 1. The summed E-state index contributed by atoms with van der Waals surface area (Å²) < 4.78 is 0. The molecule has 2 N–H and O–H groups in total. The van der Waals surface area contributed by atoms with Crippen LogP contribution in [0.4, 0.5) is 0 Å². The maximum absolute atomic E-state index is 11.8. The van der Waals surface area contributed by atoms with Gasteiger partial charge in [-0.1, -0.05) is 29.8 Å². The Balaban J connectivity index is 2.12. The summed E-state index contributed by atoms with van der Waals surface area (Å²) in [6, 6.07) is 11.9. The second kappa shape index (κ2) is 5.75. The summed E-state index contributed by atoms with van der Waals surface area (Å²) in [5, 5.41) is 9.47. The van der Waals surface area contributed by atoms with Crippen LogP contribution in [-0.2, 0) is 0 Å². The van der Waals surface area contributed by atoms with Crippen LogP contribution < -0.4 is 5.69 Å². The number of aromatic nitrogens is 2. The third-order valence-electron chi connectivity index (χ3n) is 2.98. The molecule has 3 rings (SSSR count). The van der Waals surface area contributed by atoms with Gasteiger partial charge in [0.05, 0.1) is 16.3 Å². The summed E-state index contributed by atoms with van der Waals surface area (Å²) in [5.74, 6) is -1.00. The van der Waals surface area contributed by atoms with E-state index >= 15 is 0 Å². The van der Waals surface area contributed by atoms with Crippen molar-refractivity contribution in [2.45, 2.75) is 0 Å². The van der Waals surface area contributed by atoms with Crippen molar-refractivity contribution in [3.63, 3.8) is 0 Å². The Morgan fingerprint density at radius 2 is 2.00 bits per heavy atom. The summed E-state index contributed by atoms with van der Waals surface area (Å²) in [5.41, 5.74) is 1.08. The molecule has 0 saturated heterocycles. The molecule has 7 heteroatoms. The zero-order valence-electron chi connectivity index (χ0n) is 11.0. The number of hydrogen-bond donors (Lipinski definition) is 2. The molecule has 0 aliphatic carbocycles. The number of aromatic carboxylic acids is 1. The minimum absolute atomic E-state index is 0.201. The van der Waals surface area contributed by atoms with Gasteiger partial charge in [0.1, 0.15) is 4.88 Å². The van der Waals surface area contributed by atoms with Crippen LogP contribution in [0.5, 0.6) is 0 Å². The minimum Gasteiger partial charge on any atom is -0.477 e. The number of benzene rings is 1. The van der Waals surface area contributed by atoms with Gasteiger partial charge in [-0.3, -0.25) is 0 Å². The van der Waals surface area contributed by atoms with E-state index in [0.29, 0.717) is 26.9 Å². The lowest BCUT2D eigenvalue weighted by Gasteiger charge is -2.04. The highest BCUT2D eigenvalue weighted by Gasteiger charge is 2.12. The number of halogens is 1. The topological polar surface area (TPSA) is 83.0 Å². The van der Waals surface area contributed by atoms with E-state index in [1.54, 1.807) is 36.4 Å². The molecule has 2 aromatic heterocycles. The maximum Gasteiger partial charge on any atom is 0.345 e. The predicted octanol–water partition coefficient (Wildman–Crippen LogP) is 3.52. The number of H-pyrrole nitrogens is 1. The number of rotatable bonds is 3. The molecule has 0 radical (unpaired) electrons. The average molecular weight is 333 g/mol. The van der Waals surface area contributed by atoms with E-state index in [0.717, 1.165) is 11.3 Å². The molecule has 0 unspecified atom stereocenters. The molecule has 0 aliphatic heterocycles. The third kappa shape index (κ3) is 2.79. The number of carboxylic acids is 1. The standard InChI is InChI=1S/C15H9ClN2O3S/c16-9-4-2-1-3-8(9)10-7-11(18-15(21)17-10)12-5-6-13(22-12)14(19)20/h1-7H,(H,19,20)(H,17,18,21). The highest BCUT2D eigenvalue weighted by Crippen LogP contribution is 2.30. The number of carbonyl (C=O) groups is 1. The van der Waals surface area contributed by atoms with E-state index in [2.05, 4.69) is 9.97 Å². The Morgan fingerprint density at radius 1 is 1.23 bits per heavy atom. The van der Waals surface area contributed by atoms with Crippen molar-refractivity contribution < 1.29 is 9.90 Å². The lowest BCUT2D eigenvalue weighted by molar-refractivity contribution is 0.0702. The Kier molecular flexibility index (Phi) is 3.79. The fourth-order valence-electron chi connectivity index (χ4n) is 1.99. The van der Waals surface area contributed by atoms with Crippen molar-refractivity contribution in [1.29, 1.82) is 0 Å². The van der Waals surface area contributed by atoms with Crippen LogP contribution >= 0.6 is 22.9 Å². The van der Waals surface area contributed by atoms with E-state index in [9.17, 15) is 9.59 Å². The van der Waals surface area contributed by atoms with Gasteiger partial charge in [0, 0.05) is 10.6 Å². The number of nitrogens with one attached hydrogen (secondary N) is 1. The van der Waals surface area contributed by atoms with Crippen LogP contribution in [-0.4, -0.2) is 21.0 Å². The first-order chi connectivity index (χ1) is 10.5. The minimum atomic E-state index is -1.00. The number of hydrogen-bond acceptors (Lipinski definition) is 4. The van der Waals surface area contributed by atoms with Crippen molar-refractivity contribution in [2.75, 3.05) is 0 Å². The van der Waals surface area contributed by atoms with Crippen LogP contribution in [0, 0.1) is 0 Å². The van der Waals surface area contributed by atoms with E-state index in [4.69, 9.17) is 16.7 Å². The first-order valence-electron chi connectivity index (χ1n) is 6.24. The SMILES string of the molecule is O=C(O)c1ccc(-c2cc(-c3ccccc3Cl)nc(=O)[nH]2)s1. The fourth-order valence-corrected chi connectivity index (χ4v) is 3.04. The molecular weight excluding hydrogens is 324 g/mol. The number of nitrogens with zero attached hydrogens (tertiary/aromatic N) is 1. The molecule has 22 heavy (non-hydrogen) atoms. The van der Waals surface area contributed by atoms with Gasteiger partial charge in [-0.2, -0.15) is 4.98 Å². The molecule has 110 valence electrons. The van der Waals surface area contributed by atoms with Crippen molar-refractivity contribution in [1.82, 2.24) is 9.97 Å². The van der Waals surface area contributed by atoms with Gasteiger partial charge in [0.15, 0.2) is 0 Å². The zero-order chi connectivity index (χ0) is 15.7. The molecule has 5 nitrogen and oxygen atoms in total. The fraction of sp³-hybridized carbons (Fsp3) is 0. The summed E-state index contributed by atoms with van der Waals surface area (Å²) in [6.07, 6.45) is 0. The highest BCUT2D eigenvalue weighted by atomic mass is 35.5. The molecule has 0 spiro atoms. The molecule has 0 aliphatic rings. The molecule has 0 bridgehead atoms. The Bertz CT molecular complexity index is 917. The van der Waals surface area contributed by atoms with Crippen LogP contribution in [0.15, 0.2) is 47.3 Å². The molecule has 0 atom stereocenters. The van der Waals surface area contributed by atoms with E-state index in [1.807, 2.05) is 0 Å². The van der Waals surface area contributed by atoms with Gasteiger partial charge in [0.25, 0.3) is 0 Å². The average Bonchev–Trinajstić information content (AvgIpc) is 2.97. The quantitative estimate of drug-likeness (QED) is 0.768. The van der Waals surface area contributed by atoms with Gasteiger partial charge in [0.2, 0.25) is 0 Å². The smallest absolute Gasteiger partial charge is 0.345 e. The lowest BCUT2D eigenvalue weighted by atomic mass is 10.1. The Labute approximate surface area is 133 Å². The summed E-state index contributed by atoms with van der Waals surface area (Å²) in [7, 11) is 0. The van der Waals surface area contributed by atoms with Crippen LogP contribution in [0.2, 0.25) is 5.02 Å². The molecule has 3 aromatic rings. The molecule has 0 amide bonds. The number of thiophene rings is 1. The monoisotopic (exact) mass is 332 g/mol. The van der Waals surface area contributed by atoms with Crippen molar-refractivity contribution in [2.24, 2.45) is 0 Å². The van der Waals surface area contributed by atoms with Crippen LogP contribution in [0.3, 0.4) is 0 Å². The van der Waals surface area contributed by atoms with Gasteiger partial charge in [-0.25, -0.2) is 9.59 Å². The normalized spacial score (nSPS) is 10.6. The first kappa shape index (κ1) is 14.5. The van der Waals surface area contributed by atoms with Crippen molar-refractivity contribution in [3.05, 3.63) is 62.8 Å². The highest BCUT2D eigenvalue weighted by molar-refractivity contribution is 7.17. The van der Waals surface area contributed by atoms with Crippen LogP contribution in [0.25, 0.3) is 21.8 Å². The Morgan fingerprint density at radius 3 is 2.68 bits per heavy atom. The van der Waals surface area contributed by atoms with Gasteiger partial charge in [-0.15, -0.1) is 11.3 Å². The van der Waals surface area contributed by atoms with Gasteiger partial charge in [-0.05, 0) is 24.3 Å². The molecular formula is C15H9ClN2O3S. The maximum atomic E-state index is 11.8. The molecule has 1 aromatic carbocycles. The molecule has 2 heterocycles. The summed E-state index contributed by atoms with van der Waals surface area (Å²) in [6.45, 7) is 0. The predicted molar refractivity (Wildman–Crippen MR) is 85.6 cm³/mol. The third-order valence-corrected chi connectivity index (χ3v) is 4.41. The summed E-state index contributed by atoms with van der Waals surface area (Å²) in [4.78, 5) is 30.1. The van der Waals surface area contributed by atoms with Gasteiger partial charge >= 0.3 is 11.7 Å².